The maximum Gasteiger partial charge on any atom is 0.129 e. The van der Waals surface area contributed by atoms with Gasteiger partial charge >= 0.3 is 0 Å². The fourth-order valence-corrected chi connectivity index (χ4v) is 3.94. The van der Waals surface area contributed by atoms with Gasteiger partial charge in [-0.1, -0.05) is 0 Å². The molecule has 3 heterocycles. The monoisotopic (exact) mass is 298 g/mol. The highest BCUT2D eigenvalue weighted by atomic mass is 15.2. The molecule has 1 aliphatic carbocycles. The number of hydrogen-bond donors (Lipinski definition) is 2. The molecule has 0 unspecified atom stereocenters. The highest BCUT2D eigenvalue weighted by Crippen LogP contribution is 2.49. The molecule has 0 amide bonds. The molecule has 22 heavy (non-hydrogen) atoms. The number of anilines is 1. The summed E-state index contributed by atoms with van der Waals surface area (Å²) in [6.45, 7) is 5.53. The van der Waals surface area contributed by atoms with Crippen LogP contribution in [0.15, 0.2) is 24.8 Å². The molecule has 0 radical (unpaired) electrons. The highest BCUT2D eigenvalue weighted by molar-refractivity contribution is 5.34. The molecule has 116 valence electrons. The van der Waals surface area contributed by atoms with Gasteiger partial charge in [-0.15, -0.1) is 0 Å². The molecule has 2 aliphatic rings. The summed E-state index contributed by atoms with van der Waals surface area (Å²) >= 11 is 0. The summed E-state index contributed by atoms with van der Waals surface area (Å²) in [5.74, 6) is 0.943. The third kappa shape index (κ3) is 2.59. The molecule has 2 aromatic rings. The number of aromatic amines is 1. The van der Waals surface area contributed by atoms with Crippen molar-refractivity contribution in [3.63, 3.8) is 0 Å². The third-order valence-electron chi connectivity index (χ3n) is 5.14. The van der Waals surface area contributed by atoms with E-state index in [1.165, 1.54) is 43.6 Å². The second-order valence-electron chi connectivity index (χ2n) is 6.83. The average molecular weight is 298 g/mol. The van der Waals surface area contributed by atoms with Gasteiger partial charge in [0.25, 0.3) is 0 Å². The van der Waals surface area contributed by atoms with Gasteiger partial charge in [0.15, 0.2) is 0 Å². The Bertz CT molecular complexity index is 631. The first-order chi connectivity index (χ1) is 10.7. The predicted molar refractivity (Wildman–Crippen MR) is 84.3 cm³/mol. The van der Waals surface area contributed by atoms with E-state index in [0.717, 1.165) is 12.4 Å². The van der Waals surface area contributed by atoms with E-state index in [4.69, 9.17) is 0 Å². The van der Waals surface area contributed by atoms with Crippen molar-refractivity contribution >= 4 is 5.82 Å². The van der Waals surface area contributed by atoms with Crippen molar-refractivity contribution in [1.29, 1.82) is 0 Å². The summed E-state index contributed by atoms with van der Waals surface area (Å²) in [5.41, 5.74) is 3.03. The van der Waals surface area contributed by atoms with Crippen LogP contribution in [0.25, 0.3) is 0 Å². The number of hydrogen-bond acceptors (Lipinski definition) is 5. The van der Waals surface area contributed by atoms with Gasteiger partial charge in [0, 0.05) is 36.6 Å². The number of nitrogens with one attached hydrogen (secondary N) is 2. The average Bonchev–Trinajstić information content (AvgIpc) is 3.08. The number of likely N-dealkylation sites (tertiary alicyclic amines) is 1. The van der Waals surface area contributed by atoms with Gasteiger partial charge in [-0.05, 0) is 44.2 Å². The fourth-order valence-electron chi connectivity index (χ4n) is 3.94. The lowest BCUT2D eigenvalue weighted by Crippen LogP contribution is -2.46. The Hall–Kier alpha value is -1.95. The molecule has 0 atom stereocenters. The van der Waals surface area contributed by atoms with E-state index in [-0.39, 0.29) is 0 Å². The number of rotatable bonds is 4. The van der Waals surface area contributed by atoms with Crippen LogP contribution in [0.3, 0.4) is 0 Å². The zero-order valence-electron chi connectivity index (χ0n) is 12.9. The molecule has 4 rings (SSSR count). The van der Waals surface area contributed by atoms with E-state index >= 15 is 0 Å². The summed E-state index contributed by atoms with van der Waals surface area (Å²) in [6, 6.07) is 2.50. The Morgan fingerprint density at radius 1 is 1.45 bits per heavy atom. The topological polar surface area (TPSA) is 69.7 Å². The highest BCUT2D eigenvalue weighted by Gasteiger charge is 2.48. The first-order valence-electron chi connectivity index (χ1n) is 7.96. The van der Waals surface area contributed by atoms with Crippen LogP contribution in [0.1, 0.15) is 30.5 Å². The summed E-state index contributed by atoms with van der Waals surface area (Å²) in [6.07, 6.45) is 9.15. The lowest BCUT2D eigenvalue weighted by molar-refractivity contribution is 0.120. The maximum absolute atomic E-state index is 4.25. The molecule has 6 nitrogen and oxygen atoms in total. The van der Waals surface area contributed by atoms with Gasteiger partial charge in [-0.3, -0.25) is 10.00 Å². The lowest BCUT2D eigenvalue weighted by atomic mass is 9.65. The zero-order chi connectivity index (χ0) is 15.0. The Balaban J connectivity index is 1.30. The van der Waals surface area contributed by atoms with Crippen LogP contribution in [-0.2, 0) is 6.54 Å². The number of nitrogens with zero attached hydrogens (tertiary/aromatic N) is 4. The largest absolute Gasteiger partial charge is 0.367 e. The molecule has 2 fully saturated rings. The van der Waals surface area contributed by atoms with Crippen LogP contribution in [0.2, 0.25) is 0 Å². The van der Waals surface area contributed by atoms with E-state index in [2.05, 4.69) is 37.3 Å². The fraction of sp³-hybridized carbons (Fsp3) is 0.562. The summed E-state index contributed by atoms with van der Waals surface area (Å²) in [7, 11) is 0. The van der Waals surface area contributed by atoms with E-state index < -0.39 is 0 Å². The summed E-state index contributed by atoms with van der Waals surface area (Å²) < 4.78 is 0. The molecule has 2 aromatic heterocycles. The van der Waals surface area contributed by atoms with Gasteiger partial charge in [0.2, 0.25) is 0 Å². The van der Waals surface area contributed by atoms with Gasteiger partial charge in [-0.25, -0.2) is 9.97 Å². The van der Waals surface area contributed by atoms with Gasteiger partial charge < -0.3 is 5.32 Å². The maximum atomic E-state index is 4.25. The Morgan fingerprint density at radius 2 is 2.36 bits per heavy atom. The normalized spacial score (nSPS) is 28.0. The molecule has 1 spiro atoms. The third-order valence-corrected chi connectivity index (χ3v) is 5.14. The van der Waals surface area contributed by atoms with E-state index in [9.17, 15) is 0 Å². The lowest BCUT2D eigenvalue weighted by Gasteiger charge is -2.45. The first-order valence-corrected chi connectivity index (χ1v) is 7.96. The standard InChI is InChI=1S/C16H22N6/c1-12-13(8-19-21-12)9-22-5-3-16(10-22)6-14(7-16)20-15-2-4-17-11-18-15/h2,4,8,11,14H,3,5-7,9-10H2,1H3,(H,19,21)(H,17,18,20). The minimum atomic E-state index is 0.516. The van der Waals surface area contributed by atoms with Crippen LogP contribution in [0.4, 0.5) is 5.82 Å². The number of aromatic nitrogens is 4. The Labute approximate surface area is 130 Å². The van der Waals surface area contributed by atoms with Crippen molar-refractivity contribution in [2.24, 2.45) is 5.41 Å². The smallest absolute Gasteiger partial charge is 0.129 e. The Kier molecular flexibility index (Phi) is 3.33. The molecule has 0 aromatic carbocycles. The minimum absolute atomic E-state index is 0.516. The summed E-state index contributed by atoms with van der Waals surface area (Å²) in [5, 5.41) is 10.7. The molecule has 6 heteroatoms. The van der Waals surface area contributed by atoms with Gasteiger partial charge in [0.05, 0.1) is 6.20 Å². The van der Waals surface area contributed by atoms with E-state index in [0.29, 0.717) is 11.5 Å². The minimum Gasteiger partial charge on any atom is -0.367 e. The van der Waals surface area contributed by atoms with Crippen molar-refractivity contribution in [2.75, 3.05) is 18.4 Å². The molecule has 1 saturated carbocycles. The second kappa shape index (κ2) is 5.35. The van der Waals surface area contributed by atoms with E-state index in [1.54, 1.807) is 12.5 Å². The van der Waals surface area contributed by atoms with Crippen LogP contribution in [0.5, 0.6) is 0 Å². The van der Waals surface area contributed by atoms with Crippen LogP contribution in [0, 0.1) is 12.3 Å². The van der Waals surface area contributed by atoms with Crippen molar-refractivity contribution in [3.8, 4) is 0 Å². The number of aryl methyl sites for hydroxylation is 1. The number of H-pyrrole nitrogens is 1. The Morgan fingerprint density at radius 3 is 3.09 bits per heavy atom. The predicted octanol–water partition coefficient (Wildman–Crippen LogP) is 1.97. The van der Waals surface area contributed by atoms with Crippen LogP contribution < -0.4 is 5.32 Å². The second-order valence-corrected chi connectivity index (χ2v) is 6.83. The quantitative estimate of drug-likeness (QED) is 0.903. The summed E-state index contributed by atoms with van der Waals surface area (Å²) in [4.78, 5) is 10.8. The van der Waals surface area contributed by atoms with Crippen molar-refractivity contribution in [1.82, 2.24) is 25.1 Å². The molecular formula is C16H22N6. The molecule has 1 saturated heterocycles. The molecule has 1 aliphatic heterocycles. The SMILES string of the molecule is Cc1[nH]ncc1CN1CCC2(CC(Nc3ccncn3)C2)C1. The van der Waals surface area contributed by atoms with Crippen molar-refractivity contribution < 1.29 is 0 Å². The molecular weight excluding hydrogens is 276 g/mol. The first kappa shape index (κ1) is 13.7. The van der Waals surface area contributed by atoms with Crippen LogP contribution in [-0.4, -0.2) is 44.2 Å². The molecule has 0 bridgehead atoms. The molecule has 2 N–H and O–H groups in total. The van der Waals surface area contributed by atoms with Crippen LogP contribution >= 0.6 is 0 Å². The van der Waals surface area contributed by atoms with E-state index in [1.807, 2.05) is 12.3 Å². The van der Waals surface area contributed by atoms with Gasteiger partial charge in [-0.2, -0.15) is 5.10 Å². The van der Waals surface area contributed by atoms with Gasteiger partial charge in [0.1, 0.15) is 12.1 Å². The zero-order valence-corrected chi connectivity index (χ0v) is 12.9. The van der Waals surface area contributed by atoms with Crippen molar-refractivity contribution in [3.05, 3.63) is 36.0 Å². The van der Waals surface area contributed by atoms with Crippen molar-refractivity contribution in [2.45, 2.75) is 38.8 Å².